The average Bonchev–Trinajstić information content (AvgIpc) is 2.17. The molecule has 15 heavy (non-hydrogen) atoms. The van der Waals surface area contributed by atoms with Crippen LogP contribution < -0.4 is 0 Å². The number of hydrogen-bond donors (Lipinski definition) is 1. The number of benzene rings is 1. The fourth-order valence-electron chi connectivity index (χ4n) is 1.19. The number of halogens is 2. The van der Waals surface area contributed by atoms with Crippen molar-refractivity contribution < 1.29 is 9.50 Å². The van der Waals surface area contributed by atoms with Crippen LogP contribution in [0.4, 0.5) is 4.39 Å². The summed E-state index contributed by atoms with van der Waals surface area (Å²) in [4.78, 5) is 0. The first-order valence-electron chi connectivity index (χ1n) is 4.64. The minimum Gasteiger partial charge on any atom is -0.395 e. The summed E-state index contributed by atoms with van der Waals surface area (Å²) in [7, 11) is 0. The topological polar surface area (TPSA) is 20.2 Å². The first-order chi connectivity index (χ1) is 6.88. The molecule has 0 amide bonds. The molecular formula is C12H14BrFO. The molecule has 0 radical (unpaired) electrons. The summed E-state index contributed by atoms with van der Waals surface area (Å²) in [5.41, 5.74) is 1.22. The lowest BCUT2D eigenvalue weighted by atomic mass is 9.82. The second-order valence-electron chi connectivity index (χ2n) is 4.14. The van der Waals surface area contributed by atoms with Gasteiger partial charge >= 0.3 is 0 Å². The fraction of sp³-hybridized carbons (Fsp3) is 0.333. The van der Waals surface area contributed by atoms with Crippen LogP contribution in [0.5, 0.6) is 0 Å². The van der Waals surface area contributed by atoms with Gasteiger partial charge < -0.3 is 5.11 Å². The summed E-state index contributed by atoms with van der Waals surface area (Å²) >= 11 is 3.29. The van der Waals surface area contributed by atoms with Crippen molar-refractivity contribution in [2.24, 2.45) is 5.41 Å². The SMILES string of the molecule is C=C(c1ccc(F)cc1Br)C(C)(C)CO. The van der Waals surface area contributed by atoms with Gasteiger partial charge in [-0.3, -0.25) is 0 Å². The van der Waals surface area contributed by atoms with Crippen molar-refractivity contribution in [3.63, 3.8) is 0 Å². The third-order valence-electron chi connectivity index (χ3n) is 2.47. The summed E-state index contributed by atoms with van der Waals surface area (Å²) < 4.78 is 13.5. The van der Waals surface area contributed by atoms with Gasteiger partial charge in [0, 0.05) is 9.89 Å². The van der Waals surface area contributed by atoms with Gasteiger partial charge in [-0.05, 0) is 23.3 Å². The zero-order valence-electron chi connectivity index (χ0n) is 8.85. The molecule has 0 heterocycles. The molecule has 0 saturated heterocycles. The van der Waals surface area contributed by atoms with Crippen LogP contribution in [0.2, 0.25) is 0 Å². The van der Waals surface area contributed by atoms with Crippen molar-refractivity contribution >= 4 is 21.5 Å². The minimum atomic E-state index is -0.402. The second-order valence-corrected chi connectivity index (χ2v) is 5.00. The molecule has 0 aromatic heterocycles. The lowest BCUT2D eigenvalue weighted by molar-refractivity contribution is 0.207. The van der Waals surface area contributed by atoms with E-state index in [0.717, 1.165) is 11.1 Å². The molecule has 0 bridgehead atoms. The molecular weight excluding hydrogens is 259 g/mol. The van der Waals surface area contributed by atoms with Crippen LogP contribution in [0.3, 0.4) is 0 Å². The molecule has 82 valence electrons. The molecule has 0 aliphatic carbocycles. The largest absolute Gasteiger partial charge is 0.395 e. The minimum absolute atomic E-state index is 0.00957. The quantitative estimate of drug-likeness (QED) is 0.891. The number of aliphatic hydroxyl groups is 1. The van der Waals surface area contributed by atoms with E-state index in [9.17, 15) is 9.50 Å². The highest BCUT2D eigenvalue weighted by molar-refractivity contribution is 9.10. The summed E-state index contributed by atoms with van der Waals surface area (Å²) in [6.45, 7) is 7.74. The Morgan fingerprint density at radius 3 is 2.60 bits per heavy atom. The van der Waals surface area contributed by atoms with Gasteiger partial charge in [-0.25, -0.2) is 4.39 Å². The van der Waals surface area contributed by atoms with Gasteiger partial charge in [0.25, 0.3) is 0 Å². The van der Waals surface area contributed by atoms with Gasteiger partial charge in [-0.15, -0.1) is 0 Å². The highest BCUT2D eigenvalue weighted by atomic mass is 79.9. The Balaban J connectivity index is 3.12. The third-order valence-corrected chi connectivity index (χ3v) is 3.12. The van der Waals surface area contributed by atoms with Crippen LogP contribution in [0.25, 0.3) is 5.57 Å². The van der Waals surface area contributed by atoms with Crippen molar-refractivity contribution in [3.8, 4) is 0 Å². The molecule has 0 aliphatic heterocycles. The van der Waals surface area contributed by atoms with E-state index >= 15 is 0 Å². The van der Waals surface area contributed by atoms with Gasteiger partial charge in [-0.1, -0.05) is 42.4 Å². The zero-order chi connectivity index (χ0) is 11.6. The highest BCUT2D eigenvalue weighted by Crippen LogP contribution is 2.36. The van der Waals surface area contributed by atoms with Gasteiger partial charge in [0.2, 0.25) is 0 Å². The molecule has 3 heteroatoms. The van der Waals surface area contributed by atoms with E-state index in [1.54, 1.807) is 6.07 Å². The van der Waals surface area contributed by atoms with E-state index < -0.39 is 5.41 Å². The van der Waals surface area contributed by atoms with Crippen molar-refractivity contribution in [3.05, 3.63) is 40.6 Å². The summed E-state index contributed by atoms with van der Waals surface area (Å²) in [6.07, 6.45) is 0. The zero-order valence-corrected chi connectivity index (χ0v) is 10.4. The summed E-state index contributed by atoms with van der Waals surface area (Å²) in [5.74, 6) is -0.291. The van der Waals surface area contributed by atoms with Crippen molar-refractivity contribution in [1.29, 1.82) is 0 Å². The van der Waals surface area contributed by atoms with Crippen LogP contribution in [0.1, 0.15) is 19.4 Å². The molecule has 1 rings (SSSR count). The standard InChI is InChI=1S/C12H14BrFO/c1-8(12(2,3)7-15)10-5-4-9(14)6-11(10)13/h4-6,15H,1,7H2,2-3H3. The first-order valence-corrected chi connectivity index (χ1v) is 5.43. The van der Waals surface area contributed by atoms with Crippen LogP contribution in [0, 0.1) is 11.2 Å². The first kappa shape index (κ1) is 12.4. The second kappa shape index (κ2) is 4.45. The van der Waals surface area contributed by atoms with Gasteiger partial charge in [0.1, 0.15) is 5.82 Å². The normalized spacial score (nSPS) is 11.5. The van der Waals surface area contributed by atoms with E-state index in [1.807, 2.05) is 13.8 Å². The maximum absolute atomic E-state index is 12.9. The summed E-state index contributed by atoms with van der Waals surface area (Å²) in [6, 6.07) is 4.45. The van der Waals surface area contributed by atoms with Crippen LogP contribution in [-0.4, -0.2) is 11.7 Å². The Labute approximate surface area is 97.8 Å². The highest BCUT2D eigenvalue weighted by Gasteiger charge is 2.23. The van der Waals surface area contributed by atoms with Crippen molar-refractivity contribution in [2.75, 3.05) is 6.61 Å². The maximum Gasteiger partial charge on any atom is 0.124 e. The predicted octanol–water partition coefficient (Wildman–Crippen LogP) is 3.62. The predicted molar refractivity (Wildman–Crippen MR) is 64.0 cm³/mol. The third kappa shape index (κ3) is 2.67. The van der Waals surface area contributed by atoms with Gasteiger partial charge in [0.05, 0.1) is 6.61 Å². The molecule has 1 aromatic rings. The molecule has 0 atom stereocenters. The van der Waals surface area contributed by atoms with E-state index in [-0.39, 0.29) is 12.4 Å². The number of hydrogen-bond acceptors (Lipinski definition) is 1. The lowest BCUT2D eigenvalue weighted by Crippen LogP contribution is -2.18. The molecule has 0 fully saturated rings. The Kier molecular flexibility index (Phi) is 3.68. The Morgan fingerprint density at radius 2 is 2.13 bits per heavy atom. The molecule has 1 aromatic carbocycles. The molecule has 0 aliphatic rings. The van der Waals surface area contributed by atoms with Gasteiger partial charge in [-0.2, -0.15) is 0 Å². The van der Waals surface area contributed by atoms with E-state index in [2.05, 4.69) is 22.5 Å². The van der Waals surface area contributed by atoms with Crippen LogP contribution in [0.15, 0.2) is 29.3 Å². The molecule has 0 unspecified atom stereocenters. The van der Waals surface area contributed by atoms with Crippen molar-refractivity contribution in [2.45, 2.75) is 13.8 Å². The Hall–Kier alpha value is -0.670. The molecule has 0 spiro atoms. The van der Waals surface area contributed by atoms with Crippen LogP contribution >= 0.6 is 15.9 Å². The smallest absolute Gasteiger partial charge is 0.124 e. The van der Waals surface area contributed by atoms with Crippen LogP contribution in [-0.2, 0) is 0 Å². The van der Waals surface area contributed by atoms with E-state index in [4.69, 9.17) is 0 Å². The molecule has 1 N–H and O–H groups in total. The van der Waals surface area contributed by atoms with Gasteiger partial charge in [0.15, 0.2) is 0 Å². The Morgan fingerprint density at radius 1 is 1.53 bits per heavy atom. The Bertz CT molecular complexity index is 385. The number of aliphatic hydroxyl groups excluding tert-OH is 1. The summed E-state index contributed by atoms with van der Waals surface area (Å²) in [5, 5.41) is 9.22. The molecule has 1 nitrogen and oxygen atoms in total. The number of rotatable bonds is 3. The lowest BCUT2D eigenvalue weighted by Gasteiger charge is -2.25. The van der Waals surface area contributed by atoms with E-state index in [1.165, 1.54) is 12.1 Å². The monoisotopic (exact) mass is 272 g/mol. The van der Waals surface area contributed by atoms with E-state index in [0.29, 0.717) is 4.47 Å². The molecule has 0 saturated carbocycles. The fourth-order valence-corrected chi connectivity index (χ4v) is 1.78. The maximum atomic E-state index is 12.9. The average molecular weight is 273 g/mol. The van der Waals surface area contributed by atoms with Crippen molar-refractivity contribution in [1.82, 2.24) is 0 Å².